The van der Waals surface area contributed by atoms with Gasteiger partial charge < -0.3 is 9.64 Å². The van der Waals surface area contributed by atoms with Gasteiger partial charge in [0.15, 0.2) is 0 Å². The number of hydrogen-bond acceptors (Lipinski definition) is 4. The van der Waals surface area contributed by atoms with E-state index in [1.54, 1.807) is 46.8 Å². The van der Waals surface area contributed by atoms with Gasteiger partial charge in [-0.3, -0.25) is 14.5 Å². The number of ether oxygens (including phenoxy) is 1. The molecular formula is C29H28N4O3. The predicted molar refractivity (Wildman–Crippen MR) is 140 cm³/mol. The number of nitrogens with zero attached hydrogens (tertiary/aromatic N) is 4. The first kappa shape index (κ1) is 23.4. The lowest BCUT2D eigenvalue weighted by Gasteiger charge is -2.42. The van der Waals surface area contributed by atoms with Gasteiger partial charge in [-0.2, -0.15) is 5.10 Å². The minimum absolute atomic E-state index is 0.0654. The molecule has 0 spiro atoms. The fourth-order valence-corrected chi connectivity index (χ4v) is 4.96. The van der Waals surface area contributed by atoms with Crippen LogP contribution in [0.25, 0.3) is 5.69 Å². The summed E-state index contributed by atoms with van der Waals surface area (Å²) in [6.45, 7) is 3.59. The molecule has 7 heteroatoms. The van der Waals surface area contributed by atoms with Crippen molar-refractivity contribution in [1.29, 1.82) is 0 Å². The number of methoxy groups -OCH3 is 1. The Hall–Kier alpha value is -4.39. The summed E-state index contributed by atoms with van der Waals surface area (Å²) in [5.74, 6) is 1.07. The first-order valence-electron chi connectivity index (χ1n) is 12.0. The molecule has 1 aliphatic rings. The summed E-state index contributed by atoms with van der Waals surface area (Å²) < 4.78 is 7.15. The number of carbonyl (C=O) groups is 2. The zero-order valence-electron chi connectivity index (χ0n) is 20.5. The van der Waals surface area contributed by atoms with Crippen molar-refractivity contribution in [2.24, 2.45) is 0 Å². The van der Waals surface area contributed by atoms with E-state index in [-0.39, 0.29) is 23.9 Å². The number of hydrogen-bond donors (Lipinski definition) is 0. The zero-order valence-corrected chi connectivity index (χ0v) is 20.5. The number of fused-ring (bicyclic) bond motifs is 1. The van der Waals surface area contributed by atoms with Crippen molar-refractivity contribution in [3.63, 3.8) is 0 Å². The van der Waals surface area contributed by atoms with E-state index in [1.165, 1.54) is 0 Å². The standard InChI is InChI=1S/C29H28N4O3/c1-20-17-27(32(21(2)34)23-12-6-4-7-13-23)26-19-30-33(24-14-8-5-9-15-24)28(26)31(20)29(35)22-11-10-16-25(18-22)36-3/h4-16,18-20,27H,17H2,1-3H3. The smallest absolute Gasteiger partial charge is 0.259 e. The van der Waals surface area contributed by atoms with Crippen LogP contribution in [-0.2, 0) is 4.79 Å². The van der Waals surface area contributed by atoms with Crippen LogP contribution in [0.4, 0.5) is 11.5 Å². The van der Waals surface area contributed by atoms with Crippen LogP contribution in [0.15, 0.2) is 91.1 Å². The van der Waals surface area contributed by atoms with Gasteiger partial charge in [-0.05, 0) is 55.8 Å². The second-order valence-electron chi connectivity index (χ2n) is 8.90. The monoisotopic (exact) mass is 480 g/mol. The van der Waals surface area contributed by atoms with Crippen molar-refractivity contribution in [2.75, 3.05) is 16.9 Å². The number of anilines is 2. The SMILES string of the molecule is COc1cccc(C(=O)N2c3c(cnn3-c3ccccc3)C(N(C(C)=O)c3ccccc3)CC2C)c1. The Morgan fingerprint density at radius 1 is 0.972 bits per heavy atom. The fraction of sp³-hybridized carbons (Fsp3) is 0.207. The van der Waals surface area contributed by atoms with E-state index in [4.69, 9.17) is 9.84 Å². The number of rotatable bonds is 5. The Bertz CT molecular complexity index is 1380. The Morgan fingerprint density at radius 2 is 1.67 bits per heavy atom. The van der Waals surface area contributed by atoms with Gasteiger partial charge in [0, 0.05) is 29.8 Å². The summed E-state index contributed by atoms with van der Waals surface area (Å²) >= 11 is 0. The van der Waals surface area contributed by atoms with Crippen molar-refractivity contribution in [3.05, 3.63) is 102 Å². The fourth-order valence-electron chi connectivity index (χ4n) is 4.96. The van der Waals surface area contributed by atoms with Gasteiger partial charge in [-0.15, -0.1) is 0 Å². The van der Waals surface area contributed by atoms with Gasteiger partial charge in [-0.25, -0.2) is 4.68 Å². The predicted octanol–water partition coefficient (Wildman–Crippen LogP) is 5.41. The highest BCUT2D eigenvalue weighted by Crippen LogP contribution is 2.43. The lowest BCUT2D eigenvalue weighted by molar-refractivity contribution is -0.117. The highest BCUT2D eigenvalue weighted by molar-refractivity contribution is 6.07. The van der Waals surface area contributed by atoms with E-state index < -0.39 is 0 Å². The summed E-state index contributed by atoms with van der Waals surface area (Å²) in [5, 5.41) is 4.71. The number of carbonyl (C=O) groups excluding carboxylic acids is 2. The maximum Gasteiger partial charge on any atom is 0.259 e. The molecule has 2 unspecified atom stereocenters. The van der Waals surface area contributed by atoms with E-state index in [0.29, 0.717) is 23.6 Å². The molecule has 2 amide bonds. The molecule has 0 bridgehead atoms. The maximum atomic E-state index is 14.0. The molecule has 182 valence electrons. The van der Waals surface area contributed by atoms with Gasteiger partial charge >= 0.3 is 0 Å². The summed E-state index contributed by atoms with van der Waals surface area (Å²) in [6, 6.07) is 26.0. The number of benzene rings is 3. The number of para-hydroxylation sites is 2. The van der Waals surface area contributed by atoms with Crippen LogP contribution in [0.1, 0.15) is 42.2 Å². The molecular weight excluding hydrogens is 452 g/mol. The van der Waals surface area contributed by atoms with E-state index in [2.05, 4.69) is 0 Å². The topological polar surface area (TPSA) is 67.7 Å². The van der Waals surface area contributed by atoms with Crippen LogP contribution in [0, 0.1) is 0 Å². The Labute approximate surface area is 210 Å². The van der Waals surface area contributed by atoms with Crippen LogP contribution in [-0.4, -0.2) is 34.7 Å². The molecule has 4 aromatic rings. The molecule has 2 atom stereocenters. The van der Waals surface area contributed by atoms with E-state index in [0.717, 1.165) is 16.9 Å². The Kier molecular flexibility index (Phi) is 6.29. The molecule has 3 aromatic carbocycles. The summed E-state index contributed by atoms with van der Waals surface area (Å²) in [7, 11) is 1.58. The number of aromatic nitrogens is 2. The summed E-state index contributed by atoms with van der Waals surface area (Å²) in [6.07, 6.45) is 2.35. The van der Waals surface area contributed by atoms with E-state index in [9.17, 15) is 9.59 Å². The molecule has 0 aliphatic carbocycles. The van der Waals surface area contributed by atoms with Crippen molar-refractivity contribution in [3.8, 4) is 11.4 Å². The lowest BCUT2D eigenvalue weighted by Crippen LogP contribution is -2.48. The van der Waals surface area contributed by atoms with Gasteiger partial charge in [-0.1, -0.05) is 42.5 Å². The van der Waals surface area contributed by atoms with Crippen molar-refractivity contribution in [2.45, 2.75) is 32.4 Å². The highest BCUT2D eigenvalue weighted by Gasteiger charge is 2.41. The van der Waals surface area contributed by atoms with Crippen LogP contribution in [0.3, 0.4) is 0 Å². The minimum Gasteiger partial charge on any atom is -0.497 e. The third-order valence-electron chi connectivity index (χ3n) is 6.58. The molecule has 0 fully saturated rings. The van der Waals surface area contributed by atoms with Crippen LogP contribution in [0.2, 0.25) is 0 Å². The van der Waals surface area contributed by atoms with Gasteiger partial charge in [0.2, 0.25) is 5.91 Å². The van der Waals surface area contributed by atoms with Crippen LogP contribution < -0.4 is 14.5 Å². The first-order chi connectivity index (χ1) is 17.5. The normalized spacial score (nSPS) is 16.8. The van der Waals surface area contributed by atoms with Gasteiger partial charge in [0.05, 0.1) is 25.0 Å². The van der Waals surface area contributed by atoms with Gasteiger partial charge in [0.1, 0.15) is 11.6 Å². The second-order valence-corrected chi connectivity index (χ2v) is 8.90. The Morgan fingerprint density at radius 3 is 2.33 bits per heavy atom. The van der Waals surface area contributed by atoms with Crippen molar-refractivity contribution >= 4 is 23.3 Å². The second kappa shape index (κ2) is 9.70. The Balaban J connectivity index is 1.68. The van der Waals surface area contributed by atoms with Crippen molar-refractivity contribution in [1.82, 2.24) is 9.78 Å². The molecule has 2 heterocycles. The average molecular weight is 481 g/mol. The van der Waals surface area contributed by atoms with Crippen LogP contribution in [0.5, 0.6) is 5.75 Å². The summed E-state index contributed by atoms with van der Waals surface area (Å²) in [5.41, 5.74) is 3.00. The number of amides is 2. The highest BCUT2D eigenvalue weighted by atomic mass is 16.5. The molecule has 36 heavy (non-hydrogen) atoms. The molecule has 7 nitrogen and oxygen atoms in total. The van der Waals surface area contributed by atoms with E-state index in [1.807, 2.05) is 79.7 Å². The minimum atomic E-state index is -0.276. The van der Waals surface area contributed by atoms with Gasteiger partial charge in [0.25, 0.3) is 5.91 Å². The zero-order chi connectivity index (χ0) is 25.2. The van der Waals surface area contributed by atoms with Crippen LogP contribution >= 0.6 is 0 Å². The molecule has 1 aliphatic heterocycles. The average Bonchev–Trinajstić information content (AvgIpc) is 3.34. The largest absolute Gasteiger partial charge is 0.497 e. The molecule has 0 N–H and O–H groups in total. The molecule has 1 aromatic heterocycles. The molecule has 5 rings (SSSR count). The molecule has 0 radical (unpaired) electrons. The maximum absolute atomic E-state index is 14.0. The molecule has 0 saturated heterocycles. The molecule has 0 saturated carbocycles. The lowest BCUT2D eigenvalue weighted by atomic mass is 9.92. The third kappa shape index (κ3) is 4.13. The quantitative estimate of drug-likeness (QED) is 0.383. The summed E-state index contributed by atoms with van der Waals surface area (Å²) in [4.78, 5) is 30.5. The van der Waals surface area contributed by atoms with Crippen molar-refractivity contribution < 1.29 is 14.3 Å². The van der Waals surface area contributed by atoms with E-state index >= 15 is 0 Å². The third-order valence-corrected chi connectivity index (χ3v) is 6.58. The first-order valence-corrected chi connectivity index (χ1v) is 12.0.